The van der Waals surface area contributed by atoms with Crippen molar-refractivity contribution in [2.45, 2.75) is 12.5 Å². The number of nitrogens with zero attached hydrogens (tertiary/aromatic N) is 1. The number of nitrogens with two attached hydrogens (primary N) is 1. The number of rotatable bonds is 5. The molecule has 1 fully saturated rings. The lowest BCUT2D eigenvalue weighted by atomic mass is 10.2. The van der Waals surface area contributed by atoms with E-state index in [0.29, 0.717) is 6.04 Å². The van der Waals surface area contributed by atoms with Gasteiger partial charge in [0.05, 0.1) is 0 Å². The summed E-state index contributed by atoms with van der Waals surface area (Å²) in [5.74, 6) is 0. The lowest BCUT2D eigenvalue weighted by Gasteiger charge is -2.35. The molecule has 1 aliphatic rings. The third-order valence-corrected chi connectivity index (χ3v) is 2.54. The molecule has 0 radical (unpaired) electrons. The van der Waals surface area contributed by atoms with Crippen molar-refractivity contribution in [1.82, 2.24) is 10.2 Å². The van der Waals surface area contributed by atoms with E-state index in [1.165, 1.54) is 0 Å². The van der Waals surface area contributed by atoms with Gasteiger partial charge >= 0.3 is 0 Å². The zero-order chi connectivity index (χ0) is 9.52. The molecule has 3 N–H and O–H groups in total. The summed E-state index contributed by atoms with van der Waals surface area (Å²) in [4.78, 5) is 2.45. The predicted molar refractivity (Wildman–Crippen MR) is 53.8 cm³/mol. The van der Waals surface area contributed by atoms with E-state index in [1.807, 2.05) is 0 Å². The van der Waals surface area contributed by atoms with Crippen molar-refractivity contribution in [2.24, 2.45) is 5.73 Å². The van der Waals surface area contributed by atoms with E-state index in [9.17, 15) is 0 Å². The van der Waals surface area contributed by atoms with Crippen molar-refractivity contribution < 1.29 is 4.74 Å². The van der Waals surface area contributed by atoms with Gasteiger partial charge in [-0.1, -0.05) is 0 Å². The molecule has 0 saturated carbocycles. The van der Waals surface area contributed by atoms with Crippen LogP contribution in [0.4, 0.5) is 0 Å². The quantitative estimate of drug-likeness (QED) is 0.556. The van der Waals surface area contributed by atoms with Crippen LogP contribution in [0.25, 0.3) is 0 Å². The predicted octanol–water partition coefficient (Wildman–Crippen LogP) is -0.745. The van der Waals surface area contributed by atoms with Crippen LogP contribution < -0.4 is 11.1 Å². The maximum absolute atomic E-state index is 5.68. The van der Waals surface area contributed by atoms with Gasteiger partial charge in [-0.3, -0.25) is 4.90 Å². The number of hydrogen-bond acceptors (Lipinski definition) is 4. The second kappa shape index (κ2) is 6.32. The number of ether oxygens (including phenoxy) is 1. The normalized spacial score (nSPS) is 24.9. The van der Waals surface area contributed by atoms with E-state index in [0.717, 1.165) is 45.8 Å². The van der Waals surface area contributed by atoms with E-state index in [2.05, 4.69) is 10.2 Å². The van der Waals surface area contributed by atoms with Crippen LogP contribution in [0.1, 0.15) is 6.42 Å². The maximum Gasteiger partial charge on any atom is 0.0474 e. The topological polar surface area (TPSA) is 50.5 Å². The summed E-state index contributed by atoms with van der Waals surface area (Å²) in [5.41, 5.74) is 5.68. The van der Waals surface area contributed by atoms with Gasteiger partial charge in [0, 0.05) is 52.5 Å². The van der Waals surface area contributed by atoms with Gasteiger partial charge in [0.25, 0.3) is 0 Å². The van der Waals surface area contributed by atoms with Crippen LogP contribution in [0.15, 0.2) is 0 Å². The summed E-state index contributed by atoms with van der Waals surface area (Å²) in [7, 11) is 1.75. The lowest BCUT2D eigenvalue weighted by molar-refractivity contribution is 0.134. The fraction of sp³-hybridized carbons (Fsp3) is 1.00. The first-order valence-corrected chi connectivity index (χ1v) is 5.02. The second-order valence-corrected chi connectivity index (χ2v) is 3.48. The Bertz CT molecular complexity index is 132. The Hall–Kier alpha value is -0.160. The third-order valence-electron chi connectivity index (χ3n) is 2.54. The standard InChI is InChI=1S/C9H21N3O/c1-13-6-2-4-12-5-3-11-8-9(12)7-10/h9,11H,2-8,10H2,1H3. The summed E-state index contributed by atoms with van der Waals surface area (Å²) in [6.45, 7) is 5.94. The summed E-state index contributed by atoms with van der Waals surface area (Å²) in [5, 5.41) is 3.35. The molecular formula is C9H21N3O. The Morgan fingerprint density at radius 3 is 3.15 bits per heavy atom. The molecule has 1 unspecified atom stereocenters. The van der Waals surface area contributed by atoms with Crippen molar-refractivity contribution in [2.75, 3.05) is 46.4 Å². The first-order valence-electron chi connectivity index (χ1n) is 5.02. The molecule has 0 aromatic rings. The molecule has 78 valence electrons. The monoisotopic (exact) mass is 187 g/mol. The first kappa shape index (κ1) is 10.9. The Morgan fingerprint density at radius 1 is 1.62 bits per heavy atom. The average molecular weight is 187 g/mol. The first-order chi connectivity index (χ1) is 6.38. The number of nitrogens with one attached hydrogen (secondary N) is 1. The van der Waals surface area contributed by atoms with Crippen LogP contribution >= 0.6 is 0 Å². The highest BCUT2D eigenvalue weighted by molar-refractivity contribution is 4.79. The Balaban J connectivity index is 2.19. The molecule has 0 aromatic carbocycles. The third kappa shape index (κ3) is 3.60. The van der Waals surface area contributed by atoms with Crippen molar-refractivity contribution in [1.29, 1.82) is 0 Å². The van der Waals surface area contributed by atoms with Gasteiger partial charge in [0.2, 0.25) is 0 Å². The minimum atomic E-state index is 0.519. The minimum Gasteiger partial charge on any atom is -0.385 e. The number of methoxy groups -OCH3 is 1. The molecular weight excluding hydrogens is 166 g/mol. The van der Waals surface area contributed by atoms with E-state index >= 15 is 0 Å². The molecule has 0 bridgehead atoms. The van der Waals surface area contributed by atoms with Gasteiger partial charge in [0.1, 0.15) is 0 Å². The van der Waals surface area contributed by atoms with E-state index < -0.39 is 0 Å². The zero-order valence-electron chi connectivity index (χ0n) is 8.46. The Labute approximate surface area is 80.4 Å². The molecule has 0 amide bonds. The zero-order valence-corrected chi connectivity index (χ0v) is 8.46. The Kier molecular flexibility index (Phi) is 5.31. The van der Waals surface area contributed by atoms with Gasteiger partial charge in [-0.25, -0.2) is 0 Å². The fourth-order valence-corrected chi connectivity index (χ4v) is 1.74. The van der Waals surface area contributed by atoms with E-state index in [1.54, 1.807) is 7.11 Å². The molecule has 1 saturated heterocycles. The summed E-state index contributed by atoms with van der Waals surface area (Å²) < 4.78 is 5.03. The van der Waals surface area contributed by atoms with Crippen LogP contribution in [0.5, 0.6) is 0 Å². The van der Waals surface area contributed by atoms with Crippen LogP contribution in [-0.2, 0) is 4.74 Å². The molecule has 13 heavy (non-hydrogen) atoms. The van der Waals surface area contributed by atoms with Gasteiger partial charge in [-0.05, 0) is 6.42 Å². The summed E-state index contributed by atoms with van der Waals surface area (Å²) in [6.07, 6.45) is 1.10. The highest BCUT2D eigenvalue weighted by Gasteiger charge is 2.19. The van der Waals surface area contributed by atoms with Crippen LogP contribution in [0.2, 0.25) is 0 Å². The molecule has 4 heteroatoms. The number of piperazine rings is 1. The minimum absolute atomic E-state index is 0.519. The molecule has 0 spiro atoms. The van der Waals surface area contributed by atoms with E-state index in [4.69, 9.17) is 10.5 Å². The fourth-order valence-electron chi connectivity index (χ4n) is 1.74. The SMILES string of the molecule is COCCCN1CCNCC1CN. The molecule has 1 atom stereocenters. The van der Waals surface area contributed by atoms with Crippen LogP contribution in [0.3, 0.4) is 0 Å². The molecule has 4 nitrogen and oxygen atoms in total. The highest BCUT2D eigenvalue weighted by atomic mass is 16.5. The van der Waals surface area contributed by atoms with E-state index in [-0.39, 0.29) is 0 Å². The van der Waals surface area contributed by atoms with Gasteiger partial charge in [-0.2, -0.15) is 0 Å². The number of hydrogen-bond donors (Lipinski definition) is 2. The summed E-state index contributed by atoms with van der Waals surface area (Å²) in [6, 6.07) is 0.519. The Morgan fingerprint density at radius 2 is 2.46 bits per heavy atom. The van der Waals surface area contributed by atoms with Crippen molar-refractivity contribution in [3.8, 4) is 0 Å². The van der Waals surface area contributed by atoms with Gasteiger partial charge < -0.3 is 15.8 Å². The van der Waals surface area contributed by atoms with Crippen molar-refractivity contribution >= 4 is 0 Å². The van der Waals surface area contributed by atoms with Crippen LogP contribution in [-0.4, -0.2) is 57.4 Å². The highest BCUT2D eigenvalue weighted by Crippen LogP contribution is 2.02. The molecule has 0 aromatic heterocycles. The second-order valence-electron chi connectivity index (χ2n) is 3.48. The molecule has 1 rings (SSSR count). The van der Waals surface area contributed by atoms with Crippen LogP contribution in [0, 0.1) is 0 Å². The largest absolute Gasteiger partial charge is 0.385 e. The maximum atomic E-state index is 5.68. The lowest BCUT2D eigenvalue weighted by Crippen LogP contribution is -2.54. The molecule has 0 aliphatic carbocycles. The van der Waals surface area contributed by atoms with Gasteiger partial charge in [-0.15, -0.1) is 0 Å². The van der Waals surface area contributed by atoms with Crippen molar-refractivity contribution in [3.05, 3.63) is 0 Å². The molecule has 1 aliphatic heterocycles. The van der Waals surface area contributed by atoms with Gasteiger partial charge in [0.15, 0.2) is 0 Å². The average Bonchev–Trinajstić information content (AvgIpc) is 2.19. The summed E-state index contributed by atoms with van der Waals surface area (Å²) >= 11 is 0. The molecule has 1 heterocycles. The smallest absolute Gasteiger partial charge is 0.0474 e. The van der Waals surface area contributed by atoms with Crippen molar-refractivity contribution in [3.63, 3.8) is 0 Å².